The van der Waals surface area contributed by atoms with E-state index in [9.17, 15) is 9.59 Å². The van der Waals surface area contributed by atoms with Gasteiger partial charge in [-0.3, -0.25) is 9.59 Å². The zero-order valence-electron chi connectivity index (χ0n) is 21.4. The number of nitrogens with one attached hydrogen (secondary N) is 2. The molecule has 2 amide bonds. The molecule has 0 radical (unpaired) electrons. The predicted octanol–water partition coefficient (Wildman–Crippen LogP) is 6.76. The van der Waals surface area contributed by atoms with Gasteiger partial charge in [0.1, 0.15) is 9.71 Å². The van der Waals surface area contributed by atoms with Gasteiger partial charge in [0.05, 0.1) is 16.9 Å². The van der Waals surface area contributed by atoms with E-state index in [1.165, 1.54) is 22.7 Å². The number of aromatic nitrogens is 1. The molecule has 0 aliphatic carbocycles. The molecule has 3 aromatic heterocycles. The van der Waals surface area contributed by atoms with Crippen molar-refractivity contribution in [3.05, 3.63) is 98.9 Å². The highest BCUT2D eigenvalue weighted by atomic mass is 32.1. The lowest BCUT2D eigenvalue weighted by Crippen LogP contribution is -2.25. The van der Waals surface area contributed by atoms with Crippen molar-refractivity contribution in [2.24, 2.45) is 0 Å². The van der Waals surface area contributed by atoms with Gasteiger partial charge in [0, 0.05) is 28.1 Å². The summed E-state index contributed by atoms with van der Waals surface area (Å²) in [6.07, 6.45) is 0.720. The van der Waals surface area contributed by atoms with Crippen LogP contribution in [0.25, 0.3) is 20.7 Å². The van der Waals surface area contributed by atoms with Gasteiger partial charge < -0.3 is 16.4 Å². The summed E-state index contributed by atoms with van der Waals surface area (Å²) in [5, 5.41) is 8.65. The third-order valence-corrected chi connectivity index (χ3v) is 8.42. The van der Waals surface area contributed by atoms with Crippen molar-refractivity contribution in [2.45, 2.75) is 27.2 Å². The second-order valence-corrected chi connectivity index (χ2v) is 11.2. The van der Waals surface area contributed by atoms with Crippen LogP contribution in [-0.4, -0.2) is 23.3 Å². The van der Waals surface area contributed by atoms with Crippen LogP contribution in [0.5, 0.6) is 0 Å². The van der Waals surface area contributed by atoms with Crippen molar-refractivity contribution in [3.63, 3.8) is 0 Å². The molecule has 0 atom stereocenters. The van der Waals surface area contributed by atoms with Gasteiger partial charge in [0.25, 0.3) is 11.8 Å². The number of anilines is 2. The number of carbonyl (C=O) groups excluding carboxylic acids is 2. The third kappa shape index (κ3) is 5.05. The Morgan fingerprint density at radius 2 is 1.76 bits per heavy atom. The van der Waals surface area contributed by atoms with Gasteiger partial charge >= 0.3 is 0 Å². The quantitative estimate of drug-likeness (QED) is 0.213. The van der Waals surface area contributed by atoms with Gasteiger partial charge in [0.15, 0.2) is 0 Å². The molecule has 38 heavy (non-hydrogen) atoms. The number of benzene rings is 2. The number of carbonyl (C=O) groups is 2. The van der Waals surface area contributed by atoms with E-state index in [2.05, 4.69) is 10.6 Å². The Morgan fingerprint density at radius 1 is 0.974 bits per heavy atom. The second-order valence-electron chi connectivity index (χ2n) is 9.21. The molecule has 4 N–H and O–H groups in total. The lowest BCUT2D eigenvalue weighted by Gasteiger charge is -2.15. The van der Waals surface area contributed by atoms with Crippen molar-refractivity contribution in [2.75, 3.05) is 17.6 Å². The summed E-state index contributed by atoms with van der Waals surface area (Å²) in [5.41, 5.74) is 12.7. The van der Waals surface area contributed by atoms with Crippen LogP contribution in [-0.2, 0) is 6.42 Å². The predicted molar refractivity (Wildman–Crippen MR) is 158 cm³/mol. The van der Waals surface area contributed by atoms with Gasteiger partial charge in [-0.1, -0.05) is 54.1 Å². The molecule has 0 fully saturated rings. The van der Waals surface area contributed by atoms with Crippen molar-refractivity contribution >= 4 is 56.1 Å². The SMILES string of the molecule is Cc1ccc(NC(=O)c2c(C)nc3sc(C(=O)NCCc4ccccc4)c(N)c3c2-c2cccs2)c(C)c1. The Morgan fingerprint density at radius 3 is 2.47 bits per heavy atom. The first-order valence-electron chi connectivity index (χ1n) is 12.3. The number of amides is 2. The van der Waals surface area contributed by atoms with Crippen LogP contribution in [0.1, 0.15) is 42.4 Å². The van der Waals surface area contributed by atoms with Crippen molar-refractivity contribution < 1.29 is 9.59 Å². The molecule has 0 saturated heterocycles. The molecule has 5 rings (SSSR count). The van der Waals surface area contributed by atoms with E-state index in [1.54, 1.807) is 0 Å². The Kier molecular flexibility index (Phi) is 7.26. The number of rotatable bonds is 7. The minimum atomic E-state index is -0.258. The van der Waals surface area contributed by atoms with Gasteiger partial charge in [-0.2, -0.15) is 0 Å². The fourth-order valence-electron chi connectivity index (χ4n) is 4.56. The number of nitrogens with two attached hydrogens (primary N) is 1. The van der Waals surface area contributed by atoms with Crippen LogP contribution in [0.4, 0.5) is 11.4 Å². The number of thiophene rings is 2. The van der Waals surface area contributed by atoms with Gasteiger partial charge in [-0.05, 0) is 55.8 Å². The zero-order chi connectivity index (χ0) is 26.8. The van der Waals surface area contributed by atoms with Crippen LogP contribution in [0.2, 0.25) is 0 Å². The average Bonchev–Trinajstić information content (AvgIpc) is 3.54. The topological polar surface area (TPSA) is 97.1 Å². The standard InChI is InChI=1S/C30H28N4O2S2/c1-17-11-12-21(18(2)16-17)34-28(35)23-19(3)33-30-25(24(23)22-10-7-15-37-22)26(31)27(38-30)29(36)32-14-13-20-8-5-4-6-9-20/h4-12,15-16H,13-14,31H2,1-3H3,(H,32,36)(H,34,35). The fourth-order valence-corrected chi connectivity index (χ4v) is 6.41. The first-order valence-corrected chi connectivity index (χ1v) is 14.0. The molecular weight excluding hydrogens is 512 g/mol. The van der Waals surface area contributed by atoms with Crippen LogP contribution in [0, 0.1) is 20.8 Å². The molecule has 8 heteroatoms. The first kappa shape index (κ1) is 25.6. The summed E-state index contributed by atoms with van der Waals surface area (Å²) < 4.78 is 0. The molecule has 0 spiro atoms. The number of pyridine rings is 1. The minimum absolute atomic E-state index is 0.238. The summed E-state index contributed by atoms with van der Waals surface area (Å²) in [7, 11) is 0. The van der Waals surface area contributed by atoms with Gasteiger partial charge in [-0.25, -0.2) is 4.98 Å². The molecule has 192 valence electrons. The highest BCUT2D eigenvalue weighted by Crippen LogP contribution is 2.43. The van der Waals surface area contributed by atoms with E-state index in [4.69, 9.17) is 10.7 Å². The number of nitrogens with zero attached hydrogens (tertiary/aromatic N) is 1. The van der Waals surface area contributed by atoms with Crippen LogP contribution >= 0.6 is 22.7 Å². The van der Waals surface area contributed by atoms with E-state index < -0.39 is 0 Å². The van der Waals surface area contributed by atoms with Crippen LogP contribution in [0.15, 0.2) is 66.0 Å². The number of aryl methyl sites for hydroxylation is 3. The number of hydrogen-bond donors (Lipinski definition) is 3. The smallest absolute Gasteiger partial charge is 0.263 e. The van der Waals surface area contributed by atoms with E-state index in [0.717, 1.165) is 33.7 Å². The summed E-state index contributed by atoms with van der Waals surface area (Å²) in [6.45, 7) is 6.30. The van der Waals surface area contributed by atoms with Crippen molar-refractivity contribution in [3.8, 4) is 10.4 Å². The Balaban J connectivity index is 1.53. The number of fused-ring (bicyclic) bond motifs is 1. The monoisotopic (exact) mass is 540 g/mol. The highest BCUT2D eigenvalue weighted by Gasteiger charge is 2.27. The molecule has 6 nitrogen and oxygen atoms in total. The summed E-state index contributed by atoms with van der Waals surface area (Å²) in [4.78, 5) is 33.5. The van der Waals surface area contributed by atoms with Crippen LogP contribution < -0.4 is 16.4 Å². The third-order valence-electron chi connectivity index (χ3n) is 6.43. The van der Waals surface area contributed by atoms with Gasteiger partial charge in [-0.15, -0.1) is 22.7 Å². The number of nitrogen functional groups attached to an aromatic ring is 1. The largest absolute Gasteiger partial charge is 0.397 e. The molecule has 0 aliphatic heterocycles. The van der Waals surface area contributed by atoms with E-state index in [-0.39, 0.29) is 11.8 Å². The molecule has 5 aromatic rings. The fraction of sp³-hybridized carbons (Fsp3) is 0.167. The molecule has 0 bridgehead atoms. The van der Waals surface area contributed by atoms with E-state index in [1.807, 2.05) is 86.8 Å². The average molecular weight is 541 g/mol. The van der Waals surface area contributed by atoms with Crippen LogP contribution in [0.3, 0.4) is 0 Å². The van der Waals surface area contributed by atoms with Crippen molar-refractivity contribution in [1.82, 2.24) is 10.3 Å². The Labute approximate surface area is 229 Å². The van der Waals surface area contributed by atoms with E-state index >= 15 is 0 Å². The molecule has 0 saturated carbocycles. The minimum Gasteiger partial charge on any atom is -0.397 e. The first-order chi connectivity index (χ1) is 18.3. The maximum absolute atomic E-state index is 13.7. The summed E-state index contributed by atoms with van der Waals surface area (Å²) in [6, 6.07) is 19.8. The molecule has 3 heterocycles. The lowest BCUT2D eigenvalue weighted by atomic mass is 9.99. The molecule has 2 aromatic carbocycles. The highest BCUT2D eigenvalue weighted by molar-refractivity contribution is 7.21. The molecule has 0 aliphatic rings. The second kappa shape index (κ2) is 10.8. The summed E-state index contributed by atoms with van der Waals surface area (Å²) >= 11 is 2.78. The zero-order valence-corrected chi connectivity index (χ0v) is 23.1. The summed E-state index contributed by atoms with van der Waals surface area (Å²) in [5.74, 6) is -0.496. The maximum atomic E-state index is 13.7. The molecular formula is C30H28N4O2S2. The Bertz CT molecular complexity index is 1640. The van der Waals surface area contributed by atoms with Gasteiger partial charge in [0.2, 0.25) is 0 Å². The molecule has 0 unspecified atom stereocenters. The lowest BCUT2D eigenvalue weighted by molar-refractivity contribution is 0.0958. The Hall–Kier alpha value is -4.01. The van der Waals surface area contributed by atoms with E-state index in [0.29, 0.717) is 44.1 Å². The number of hydrogen-bond acceptors (Lipinski definition) is 6. The normalized spacial score (nSPS) is 11.0. The van der Waals surface area contributed by atoms with Crippen molar-refractivity contribution in [1.29, 1.82) is 0 Å². The maximum Gasteiger partial charge on any atom is 0.263 e.